The van der Waals surface area contributed by atoms with Crippen LogP contribution in [0.1, 0.15) is 59.3 Å². The van der Waals surface area contributed by atoms with Gasteiger partial charge >= 0.3 is 5.97 Å². The largest absolute Gasteiger partial charge is 0.457 e. The molecule has 0 aliphatic carbocycles. The van der Waals surface area contributed by atoms with Gasteiger partial charge in [-0.05, 0) is 19.3 Å². The zero-order valence-electron chi connectivity index (χ0n) is 12.5. The maximum absolute atomic E-state index is 12.0. The van der Waals surface area contributed by atoms with Gasteiger partial charge < -0.3 is 14.2 Å². The molecule has 0 bridgehead atoms. The van der Waals surface area contributed by atoms with Gasteiger partial charge in [-0.3, -0.25) is 4.79 Å². The third-order valence-corrected chi connectivity index (χ3v) is 3.48. The first-order valence-electron chi connectivity index (χ1n) is 7.64. The summed E-state index contributed by atoms with van der Waals surface area (Å²) in [7, 11) is 0. The lowest BCUT2D eigenvalue weighted by Gasteiger charge is -2.29. The highest BCUT2D eigenvalue weighted by Gasteiger charge is 2.27. The molecule has 19 heavy (non-hydrogen) atoms. The average molecular weight is 272 g/mol. The maximum Gasteiger partial charge on any atom is 0.309 e. The van der Waals surface area contributed by atoms with E-state index < -0.39 is 0 Å². The van der Waals surface area contributed by atoms with Gasteiger partial charge in [0.2, 0.25) is 0 Å². The molecule has 4 nitrogen and oxygen atoms in total. The van der Waals surface area contributed by atoms with Crippen LogP contribution < -0.4 is 0 Å². The Kier molecular flexibility index (Phi) is 8.07. The van der Waals surface area contributed by atoms with Gasteiger partial charge in [0, 0.05) is 0 Å². The third kappa shape index (κ3) is 5.91. The van der Waals surface area contributed by atoms with E-state index in [0.29, 0.717) is 13.2 Å². The van der Waals surface area contributed by atoms with Crippen molar-refractivity contribution in [2.75, 3.05) is 13.2 Å². The minimum absolute atomic E-state index is 0.0216. The molecule has 1 rings (SSSR count). The van der Waals surface area contributed by atoms with Gasteiger partial charge in [-0.25, -0.2) is 0 Å². The minimum Gasteiger partial charge on any atom is -0.457 e. The zero-order chi connectivity index (χ0) is 14.1. The molecule has 0 amide bonds. The Hall–Kier alpha value is -0.610. The molecular weight excluding hydrogens is 244 g/mol. The molecule has 0 N–H and O–H groups in total. The van der Waals surface area contributed by atoms with Gasteiger partial charge in [0.25, 0.3) is 0 Å². The smallest absolute Gasteiger partial charge is 0.309 e. The molecule has 1 fully saturated rings. The topological polar surface area (TPSA) is 44.8 Å². The number of ether oxygens (including phenoxy) is 3. The molecule has 0 aromatic rings. The summed E-state index contributed by atoms with van der Waals surface area (Å²) in [5, 5.41) is 0. The fraction of sp³-hybridized carbons (Fsp3) is 0.933. The Balaban J connectivity index is 2.28. The van der Waals surface area contributed by atoms with Crippen LogP contribution in [0.2, 0.25) is 0 Å². The van der Waals surface area contributed by atoms with E-state index in [-0.39, 0.29) is 24.3 Å². The summed E-state index contributed by atoms with van der Waals surface area (Å²) in [5.74, 6) is -0.0737. The maximum atomic E-state index is 12.0. The summed E-state index contributed by atoms with van der Waals surface area (Å²) in [6, 6.07) is 0. The van der Waals surface area contributed by atoms with Crippen molar-refractivity contribution in [2.45, 2.75) is 71.7 Å². The Bertz CT molecular complexity index is 247. The normalized spacial score (nSPS) is 25.0. The fourth-order valence-corrected chi connectivity index (χ4v) is 2.20. The van der Waals surface area contributed by atoms with Crippen molar-refractivity contribution < 1.29 is 19.0 Å². The first-order valence-corrected chi connectivity index (χ1v) is 7.64. The second-order valence-corrected chi connectivity index (χ2v) is 5.19. The van der Waals surface area contributed by atoms with Crippen molar-refractivity contribution in [3.05, 3.63) is 0 Å². The SMILES string of the molecule is CCCCC(CC)C(=O)OC1COC(CCC)OC1. The van der Waals surface area contributed by atoms with Crippen LogP contribution in [0.4, 0.5) is 0 Å². The van der Waals surface area contributed by atoms with E-state index in [1.165, 1.54) is 0 Å². The Labute approximate surface area is 116 Å². The lowest BCUT2D eigenvalue weighted by molar-refractivity contribution is -0.229. The van der Waals surface area contributed by atoms with Gasteiger partial charge in [0.1, 0.15) is 6.10 Å². The van der Waals surface area contributed by atoms with E-state index in [1.54, 1.807) is 0 Å². The molecule has 4 heteroatoms. The van der Waals surface area contributed by atoms with Gasteiger partial charge in [-0.15, -0.1) is 0 Å². The van der Waals surface area contributed by atoms with Crippen LogP contribution in [-0.2, 0) is 19.0 Å². The summed E-state index contributed by atoms with van der Waals surface area (Å²) >= 11 is 0. The van der Waals surface area contributed by atoms with Crippen LogP contribution in [0.25, 0.3) is 0 Å². The number of hydrogen-bond donors (Lipinski definition) is 0. The lowest BCUT2D eigenvalue weighted by Crippen LogP contribution is -2.39. The van der Waals surface area contributed by atoms with Gasteiger partial charge in [0.15, 0.2) is 6.29 Å². The molecule has 1 heterocycles. The van der Waals surface area contributed by atoms with Crippen LogP contribution in [0, 0.1) is 5.92 Å². The van der Waals surface area contributed by atoms with E-state index in [9.17, 15) is 4.79 Å². The standard InChI is InChI=1S/C15H28O4/c1-4-7-9-12(6-3)15(16)19-13-10-17-14(8-5-2)18-11-13/h12-14H,4-11H2,1-3H3. The van der Waals surface area contributed by atoms with Crippen molar-refractivity contribution >= 4 is 5.97 Å². The third-order valence-electron chi connectivity index (χ3n) is 3.48. The van der Waals surface area contributed by atoms with E-state index in [1.807, 2.05) is 6.92 Å². The summed E-state index contributed by atoms with van der Waals surface area (Å²) in [5.41, 5.74) is 0. The molecule has 0 radical (unpaired) electrons. The van der Waals surface area contributed by atoms with Crippen LogP contribution in [0.15, 0.2) is 0 Å². The molecule has 112 valence electrons. The van der Waals surface area contributed by atoms with Crippen molar-refractivity contribution in [1.29, 1.82) is 0 Å². The molecule has 0 aromatic carbocycles. The highest BCUT2D eigenvalue weighted by molar-refractivity contribution is 5.72. The van der Waals surface area contributed by atoms with Crippen LogP contribution in [-0.4, -0.2) is 31.6 Å². The summed E-state index contributed by atoms with van der Waals surface area (Å²) < 4.78 is 16.5. The summed E-state index contributed by atoms with van der Waals surface area (Å²) in [6.45, 7) is 7.18. The highest BCUT2D eigenvalue weighted by Crippen LogP contribution is 2.18. The van der Waals surface area contributed by atoms with Gasteiger partial charge in [-0.2, -0.15) is 0 Å². The molecule has 0 aromatic heterocycles. The Morgan fingerprint density at radius 3 is 2.42 bits per heavy atom. The number of esters is 1. The molecule has 0 spiro atoms. The van der Waals surface area contributed by atoms with E-state index in [2.05, 4.69) is 13.8 Å². The second kappa shape index (κ2) is 9.32. The van der Waals surface area contributed by atoms with Crippen LogP contribution >= 0.6 is 0 Å². The van der Waals surface area contributed by atoms with E-state index >= 15 is 0 Å². The minimum atomic E-state index is -0.240. The van der Waals surface area contributed by atoms with Crippen molar-refractivity contribution in [2.24, 2.45) is 5.92 Å². The van der Waals surface area contributed by atoms with Crippen molar-refractivity contribution in [3.8, 4) is 0 Å². The molecule has 0 saturated carbocycles. The van der Waals surface area contributed by atoms with Crippen molar-refractivity contribution in [1.82, 2.24) is 0 Å². The summed E-state index contributed by atoms with van der Waals surface area (Å²) in [6.07, 6.45) is 5.50. The fourth-order valence-electron chi connectivity index (χ4n) is 2.20. The first-order chi connectivity index (χ1) is 9.21. The number of rotatable bonds is 8. The highest BCUT2D eigenvalue weighted by atomic mass is 16.7. The number of unbranched alkanes of at least 4 members (excludes halogenated alkanes) is 1. The Morgan fingerprint density at radius 1 is 1.21 bits per heavy atom. The lowest BCUT2D eigenvalue weighted by atomic mass is 10.00. The predicted molar refractivity (Wildman–Crippen MR) is 73.8 cm³/mol. The molecule has 1 aliphatic heterocycles. The van der Waals surface area contributed by atoms with Gasteiger partial charge in [0.05, 0.1) is 19.1 Å². The molecule has 1 aliphatic rings. The van der Waals surface area contributed by atoms with Gasteiger partial charge in [-0.1, -0.05) is 40.0 Å². The molecular formula is C15H28O4. The monoisotopic (exact) mass is 272 g/mol. The van der Waals surface area contributed by atoms with E-state index in [0.717, 1.165) is 38.5 Å². The van der Waals surface area contributed by atoms with Crippen LogP contribution in [0.5, 0.6) is 0 Å². The molecule has 1 atom stereocenters. The quantitative estimate of drug-likeness (QED) is 0.636. The molecule has 1 saturated heterocycles. The van der Waals surface area contributed by atoms with E-state index in [4.69, 9.17) is 14.2 Å². The Morgan fingerprint density at radius 2 is 1.89 bits per heavy atom. The first kappa shape index (κ1) is 16.4. The predicted octanol–water partition coefficient (Wildman–Crippen LogP) is 3.29. The van der Waals surface area contributed by atoms with Crippen molar-refractivity contribution in [3.63, 3.8) is 0 Å². The number of hydrogen-bond acceptors (Lipinski definition) is 4. The van der Waals surface area contributed by atoms with Crippen LogP contribution in [0.3, 0.4) is 0 Å². The summed E-state index contributed by atoms with van der Waals surface area (Å²) in [4.78, 5) is 12.0. The number of carbonyl (C=O) groups excluding carboxylic acids is 1. The molecule has 1 unspecified atom stereocenters. The second-order valence-electron chi connectivity index (χ2n) is 5.19. The number of carbonyl (C=O) groups is 1. The average Bonchev–Trinajstić information content (AvgIpc) is 2.42. The zero-order valence-corrected chi connectivity index (χ0v) is 12.5.